The summed E-state index contributed by atoms with van der Waals surface area (Å²) in [7, 11) is 1.69. The van der Waals surface area contributed by atoms with E-state index in [1.807, 2.05) is 31.2 Å². The summed E-state index contributed by atoms with van der Waals surface area (Å²) in [6, 6.07) is 7.67. The van der Waals surface area contributed by atoms with Crippen molar-refractivity contribution >= 4 is 11.5 Å². The fourth-order valence-corrected chi connectivity index (χ4v) is 4.27. The molecule has 4 nitrogen and oxygen atoms in total. The first-order valence-corrected chi connectivity index (χ1v) is 8.13. The average molecular weight is 315 g/mol. The molecule has 23 heavy (non-hydrogen) atoms. The minimum absolute atomic E-state index is 0.0125. The van der Waals surface area contributed by atoms with E-state index < -0.39 is 5.54 Å². The van der Waals surface area contributed by atoms with E-state index >= 15 is 0 Å². The Morgan fingerprint density at radius 2 is 1.96 bits per heavy atom. The number of rotatable bonds is 2. The maximum absolute atomic E-state index is 12.6. The van der Waals surface area contributed by atoms with Crippen LogP contribution in [0.2, 0.25) is 0 Å². The molecule has 2 unspecified atom stereocenters. The van der Waals surface area contributed by atoms with Gasteiger partial charge in [0.1, 0.15) is 11.3 Å². The monoisotopic (exact) mass is 315 g/mol. The normalized spacial score (nSPS) is 29.9. The Morgan fingerprint density at radius 1 is 1.26 bits per heavy atom. The van der Waals surface area contributed by atoms with E-state index in [4.69, 9.17) is 4.74 Å². The Labute approximate surface area is 137 Å². The van der Waals surface area contributed by atoms with Gasteiger partial charge in [0.25, 0.3) is 5.91 Å². The molecule has 4 heteroatoms. The van der Waals surface area contributed by atoms with Crippen molar-refractivity contribution in [2.75, 3.05) is 7.11 Å². The lowest BCUT2D eigenvalue weighted by atomic mass is 9.66. The molecule has 1 aliphatic carbocycles. The molecule has 1 aromatic rings. The molecule has 0 radical (unpaired) electrons. The van der Waals surface area contributed by atoms with Crippen LogP contribution >= 0.6 is 0 Å². The number of amides is 1. The second kappa shape index (κ2) is 5.38. The summed E-state index contributed by atoms with van der Waals surface area (Å²) in [5.74, 6) is -0.0176. The molecule has 124 valence electrons. The molecule has 1 fully saturated rings. The van der Waals surface area contributed by atoms with Crippen LogP contribution < -0.4 is 5.32 Å². The van der Waals surface area contributed by atoms with Crippen LogP contribution in [0.25, 0.3) is 5.57 Å². The number of carbonyl (C=O) groups excluding carboxylic acids is 1. The highest BCUT2D eigenvalue weighted by atomic mass is 16.5. The van der Waals surface area contributed by atoms with E-state index in [1.165, 1.54) is 0 Å². The number of hydrogen-bond donors (Lipinski definition) is 2. The summed E-state index contributed by atoms with van der Waals surface area (Å²) in [6.07, 6.45) is 2.28. The zero-order chi connectivity index (χ0) is 16.8. The lowest BCUT2D eigenvalue weighted by Crippen LogP contribution is -2.54. The SMILES string of the molecule is COC1CC(C)(C)CC2(C1)NC(=O)C(c1ccccc1C)=C2O. The molecule has 1 spiro atoms. The topological polar surface area (TPSA) is 58.6 Å². The first kappa shape index (κ1) is 16.1. The number of ether oxygens (including phenoxy) is 1. The Hall–Kier alpha value is -1.81. The van der Waals surface area contributed by atoms with Crippen LogP contribution in [-0.2, 0) is 9.53 Å². The van der Waals surface area contributed by atoms with Crippen LogP contribution in [0.1, 0.15) is 44.2 Å². The molecule has 1 amide bonds. The van der Waals surface area contributed by atoms with E-state index in [0.29, 0.717) is 18.4 Å². The van der Waals surface area contributed by atoms with Crippen molar-refractivity contribution in [1.29, 1.82) is 0 Å². The molecule has 0 aromatic heterocycles. The molecule has 1 saturated carbocycles. The van der Waals surface area contributed by atoms with Crippen LogP contribution in [0, 0.1) is 12.3 Å². The zero-order valence-corrected chi connectivity index (χ0v) is 14.3. The summed E-state index contributed by atoms with van der Waals surface area (Å²) in [5, 5.41) is 14.1. The average Bonchev–Trinajstić information content (AvgIpc) is 2.68. The van der Waals surface area contributed by atoms with E-state index in [2.05, 4.69) is 19.2 Å². The van der Waals surface area contributed by atoms with Gasteiger partial charge < -0.3 is 15.2 Å². The van der Waals surface area contributed by atoms with Gasteiger partial charge >= 0.3 is 0 Å². The van der Waals surface area contributed by atoms with E-state index in [9.17, 15) is 9.90 Å². The van der Waals surface area contributed by atoms with Crippen LogP contribution in [0.5, 0.6) is 0 Å². The van der Waals surface area contributed by atoms with Gasteiger partial charge in [-0.2, -0.15) is 0 Å². The Kier molecular flexibility index (Phi) is 3.75. The van der Waals surface area contributed by atoms with Crippen LogP contribution in [-0.4, -0.2) is 29.8 Å². The Bertz CT molecular complexity index is 677. The summed E-state index contributed by atoms with van der Waals surface area (Å²) in [6.45, 7) is 6.27. The number of benzene rings is 1. The summed E-state index contributed by atoms with van der Waals surface area (Å²) in [4.78, 5) is 12.6. The molecular weight excluding hydrogens is 290 g/mol. The number of aryl methyl sites for hydroxylation is 1. The van der Waals surface area contributed by atoms with E-state index in [-0.39, 0.29) is 23.2 Å². The van der Waals surface area contributed by atoms with Gasteiger partial charge in [0, 0.05) is 13.5 Å². The predicted molar refractivity (Wildman–Crippen MR) is 90.0 cm³/mol. The van der Waals surface area contributed by atoms with Gasteiger partial charge in [-0.3, -0.25) is 4.79 Å². The maximum atomic E-state index is 12.6. The third-order valence-electron chi connectivity index (χ3n) is 5.15. The van der Waals surface area contributed by atoms with Gasteiger partial charge in [0.05, 0.1) is 11.7 Å². The second-order valence-electron chi connectivity index (χ2n) is 7.68. The molecule has 2 aliphatic rings. The number of aliphatic hydroxyl groups is 1. The van der Waals surface area contributed by atoms with Gasteiger partial charge in [0.2, 0.25) is 0 Å². The highest BCUT2D eigenvalue weighted by Gasteiger charge is 2.53. The summed E-state index contributed by atoms with van der Waals surface area (Å²) >= 11 is 0. The maximum Gasteiger partial charge on any atom is 0.256 e. The van der Waals surface area contributed by atoms with Crippen LogP contribution in [0.4, 0.5) is 0 Å². The van der Waals surface area contributed by atoms with Gasteiger partial charge in [-0.15, -0.1) is 0 Å². The zero-order valence-electron chi connectivity index (χ0n) is 14.3. The number of carbonyl (C=O) groups is 1. The lowest BCUT2D eigenvalue weighted by molar-refractivity contribution is -0.117. The third kappa shape index (κ3) is 2.65. The molecule has 1 heterocycles. The van der Waals surface area contributed by atoms with E-state index in [0.717, 1.165) is 17.5 Å². The van der Waals surface area contributed by atoms with Crippen molar-refractivity contribution in [3.8, 4) is 0 Å². The second-order valence-corrected chi connectivity index (χ2v) is 7.68. The third-order valence-corrected chi connectivity index (χ3v) is 5.15. The standard InChI is InChI=1S/C19H25NO3/c1-12-7-5-6-8-14(12)15-16(21)19(20-17(15)22)10-13(23-4)9-18(2,3)11-19/h5-8,13,21H,9-11H2,1-4H3,(H,20,22). The first-order valence-electron chi connectivity index (χ1n) is 8.13. The van der Waals surface area contributed by atoms with Crippen molar-refractivity contribution in [3.05, 3.63) is 41.2 Å². The summed E-state index contributed by atoms with van der Waals surface area (Å²) < 4.78 is 5.58. The van der Waals surface area contributed by atoms with E-state index in [1.54, 1.807) is 7.11 Å². The quantitative estimate of drug-likeness (QED) is 0.880. The molecule has 1 aliphatic heterocycles. The van der Waals surface area contributed by atoms with Crippen molar-refractivity contribution < 1.29 is 14.6 Å². The minimum Gasteiger partial charge on any atom is -0.509 e. The molecular formula is C19H25NO3. The number of aliphatic hydroxyl groups excluding tert-OH is 1. The molecule has 0 bridgehead atoms. The molecule has 0 saturated heterocycles. The van der Waals surface area contributed by atoms with Crippen molar-refractivity contribution in [1.82, 2.24) is 5.32 Å². The fraction of sp³-hybridized carbons (Fsp3) is 0.526. The van der Waals surface area contributed by atoms with Crippen molar-refractivity contribution in [2.24, 2.45) is 5.41 Å². The van der Waals surface area contributed by atoms with Crippen LogP contribution in [0.3, 0.4) is 0 Å². The number of hydrogen-bond acceptors (Lipinski definition) is 3. The Balaban J connectivity index is 2.09. The van der Waals surface area contributed by atoms with Crippen molar-refractivity contribution in [3.63, 3.8) is 0 Å². The Morgan fingerprint density at radius 3 is 2.61 bits per heavy atom. The van der Waals surface area contributed by atoms with Gasteiger partial charge in [-0.05, 0) is 36.3 Å². The molecule has 3 rings (SSSR count). The highest BCUT2D eigenvalue weighted by Crippen LogP contribution is 2.48. The fourth-order valence-electron chi connectivity index (χ4n) is 4.27. The first-order chi connectivity index (χ1) is 10.8. The summed E-state index contributed by atoms with van der Waals surface area (Å²) in [5.41, 5.74) is 1.48. The van der Waals surface area contributed by atoms with Gasteiger partial charge in [-0.25, -0.2) is 0 Å². The lowest BCUT2D eigenvalue weighted by Gasteiger charge is -2.45. The highest BCUT2D eigenvalue weighted by molar-refractivity contribution is 6.23. The van der Waals surface area contributed by atoms with Crippen molar-refractivity contribution in [2.45, 2.75) is 51.7 Å². The smallest absolute Gasteiger partial charge is 0.256 e. The van der Waals surface area contributed by atoms with Gasteiger partial charge in [0.15, 0.2) is 0 Å². The molecule has 2 N–H and O–H groups in total. The number of methoxy groups -OCH3 is 1. The minimum atomic E-state index is -0.711. The van der Waals surface area contributed by atoms with Gasteiger partial charge in [-0.1, -0.05) is 38.1 Å². The molecule has 1 aromatic carbocycles. The molecule has 2 atom stereocenters. The number of nitrogens with one attached hydrogen (secondary N) is 1. The largest absolute Gasteiger partial charge is 0.509 e. The van der Waals surface area contributed by atoms with Crippen LogP contribution in [0.15, 0.2) is 30.0 Å². The predicted octanol–water partition coefficient (Wildman–Crippen LogP) is 3.36.